The van der Waals surface area contributed by atoms with Crippen molar-refractivity contribution in [1.82, 2.24) is 9.80 Å². The molecule has 0 aromatic heterocycles. The number of benzene rings is 1. The Morgan fingerprint density at radius 3 is 2.27 bits per heavy atom. The van der Waals surface area contributed by atoms with Crippen molar-refractivity contribution in [2.24, 2.45) is 5.92 Å². The first-order valence-corrected chi connectivity index (χ1v) is 11.6. The summed E-state index contributed by atoms with van der Waals surface area (Å²) in [6.45, 7) is 9.33. The van der Waals surface area contributed by atoms with Gasteiger partial charge >= 0.3 is 0 Å². The van der Waals surface area contributed by atoms with E-state index in [-0.39, 0.29) is 11.8 Å². The van der Waals surface area contributed by atoms with Crippen LogP contribution in [-0.2, 0) is 9.59 Å². The van der Waals surface area contributed by atoms with Crippen LogP contribution >= 0.6 is 0 Å². The van der Waals surface area contributed by atoms with Crippen LogP contribution in [-0.4, -0.2) is 47.9 Å². The Balaban J connectivity index is 1.87. The summed E-state index contributed by atoms with van der Waals surface area (Å²) in [5.74, 6) is 1.19. The fourth-order valence-electron chi connectivity index (χ4n) is 4.19. The third-order valence-corrected chi connectivity index (χ3v) is 6.09. The largest absolute Gasteiger partial charge is 0.494 e. The minimum atomic E-state index is -0.146. The van der Waals surface area contributed by atoms with E-state index < -0.39 is 0 Å². The Hall–Kier alpha value is -2.30. The molecule has 2 aliphatic rings. The van der Waals surface area contributed by atoms with Crippen LogP contribution in [0.3, 0.4) is 0 Å². The molecule has 3 rings (SSSR count). The van der Waals surface area contributed by atoms with E-state index in [9.17, 15) is 9.59 Å². The highest BCUT2D eigenvalue weighted by Gasteiger charge is 2.41. The number of ether oxygens (including phenoxy) is 1. The molecule has 0 aliphatic carbocycles. The minimum Gasteiger partial charge on any atom is -0.494 e. The Labute approximate surface area is 181 Å². The third kappa shape index (κ3) is 5.05. The molecule has 0 saturated carbocycles. The summed E-state index contributed by atoms with van der Waals surface area (Å²) in [5, 5.41) is 0. The van der Waals surface area contributed by atoms with Crippen LogP contribution in [0.4, 0.5) is 0 Å². The van der Waals surface area contributed by atoms with Crippen LogP contribution in [0.5, 0.6) is 5.75 Å². The van der Waals surface area contributed by atoms with Crippen molar-refractivity contribution in [3.05, 3.63) is 35.5 Å². The smallest absolute Gasteiger partial charge is 0.277 e. The molecule has 5 nitrogen and oxygen atoms in total. The zero-order chi connectivity index (χ0) is 21.5. The first-order valence-electron chi connectivity index (χ1n) is 11.6. The van der Waals surface area contributed by atoms with Crippen molar-refractivity contribution in [3.63, 3.8) is 0 Å². The third-order valence-electron chi connectivity index (χ3n) is 6.09. The van der Waals surface area contributed by atoms with Crippen LogP contribution < -0.4 is 4.74 Å². The molecule has 0 radical (unpaired) electrons. The standard InChI is InChI=1S/C25H36N2O3/c1-4-6-7-8-15-27-24(28)22(20-9-11-21(12-10-20)30-18-5-2)23(25(27)29)26-16-13-19(3)14-17-26/h9-12,19H,4-8,13-18H2,1-3H3. The van der Waals surface area contributed by atoms with Crippen molar-refractivity contribution >= 4 is 17.4 Å². The van der Waals surface area contributed by atoms with Gasteiger partial charge in [0.05, 0.1) is 12.2 Å². The lowest BCUT2D eigenvalue weighted by Gasteiger charge is -2.32. The van der Waals surface area contributed by atoms with Crippen molar-refractivity contribution in [2.75, 3.05) is 26.2 Å². The molecular formula is C25H36N2O3. The fourth-order valence-corrected chi connectivity index (χ4v) is 4.19. The summed E-state index contributed by atoms with van der Waals surface area (Å²) in [5.41, 5.74) is 1.97. The summed E-state index contributed by atoms with van der Waals surface area (Å²) in [6.07, 6.45) is 7.23. The van der Waals surface area contributed by atoms with Gasteiger partial charge in [0.2, 0.25) is 0 Å². The second-order valence-electron chi connectivity index (χ2n) is 8.59. The number of hydrogen-bond donors (Lipinski definition) is 0. The molecule has 2 heterocycles. The van der Waals surface area contributed by atoms with E-state index in [4.69, 9.17) is 4.74 Å². The van der Waals surface area contributed by atoms with Crippen LogP contribution in [0.2, 0.25) is 0 Å². The van der Waals surface area contributed by atoms with Crippen molar-refractivity contribution in [1.29, 1.82) is 0 Å². The first-order chi connectivity index (χ1) is 14.6. The van der Waals surface area contributed by atoms with Crippen LogP contribution in [0, 0.1) is 5.92 Å². The number of likely N-dealkylation sites (tertiary alicyclic amines) is 1. The maximum atomic E-state index is 13.3. The number of carbonyl (C=O) groups is 2. The summed E-state index contributed by atoms with van der Waals surface area (Å²) < 4.78 is 5.68. The van der Waals surface area contributed by atoms with E-state index in [1.165, 1.54) is 4.90 Å². The predicted octanol–water partition coefficient (Wildman–Crippen LogP) is 4.87. The number of imide groups is 1. The predicted molar refractivity (Wildman–Crippen MR) is 120 cm³/mol. The number of piperidine rings is 1. The van der Waals surface area contributed by atoms with Crippen LogP contribution in [0.15, 0.2) is 30.0 Å². The van der Waals surface area contributed by atoms with Crippen LogP contribution in [0.25, 0.3) is 5.57 Å². The molecule has 1 saturated heterocycles. The van der Waals surface area contributed by atoms with Gasteiger partial charge in [-0.2, -0.15) is 0 Å². The summed E-state index contributed by atoms with van der Waals surface area (Å²) in [4.78, 5) is 30.3. The Morgan fingerprint density at radius 1 is 0.933 bits per heavy atom. The molecule has 1 aromatic rings. The molecule has 0 bridgehead atoms. The highest BCUT2D eigenvalue weighted by atomic mass is 16.5. The zero-order valence-electron chi connectivity index (χ0n) is 18.8. The van der Waals surface area contributed by atoms with Gasteiger partial charge in [0.25, 0.3) is 11.8 Å². The fraction of sp³-hybridized carbons (Fsp3) is 0.600. The average Bonchev–Trinajstić information content (AvgIpc) is 3.00. The Kier molecular flexibility index (Phi) is 7.94. The summed E-state index contributed by atoms with van der Waals surface area (Å²) in [7, 11) is 0. The van der Waals surface area contributed by atoms with E-state index in [1.807, 2.05) is 24.3 Å². The molecule has 0 N–H and O–H groups in total. The van der Waals surface area contributed by atoms with Gasteiger partial charge in [-0.15, -0.1) is 0 Å². The van der Waals surface area contributed by atoms with Gasteiger partial charge in [-0.3, -0.25) is 14.5 Å². The Morgan fingerprint density at radius 2 is 1.63 bits per heavy atom. The molecule has 164 valence electrons. The van der Waals surface area contributed by atoms with E-state index in [0.717, 1.165) is 69.3 Å². The minimum absolute atomic E-state index is 0.118. The first kappa shape index (κ1) is 22.4. The van der Waals surface area contributed by atoms with Crippen LogP contribution in [0.1, 0.15) is 71.3 Å². The molecule has 30 heavy (non-hydrogen) atoms. The quantitative estimate of drug-likeness (QED) is 0.406. The summed E-state index contributed by atoms with van der Waals surface area (Å²) >= 11 is 0. The van der Waals surface area contributed by atoms with Crippen molar-refractivity contribution in [2.45, 2.75) is 65.7 Å². The molecule has 0 unspecified atom stereocenters. The molecule has 2 amide bonds. The van der Waals surface area contributed by atoms with Gasteiger partial charge < -0.3 is 9.64 Å². The van der Waals surface area contributed by atoms with Gasteiger partial charge in [-0.1, -0.05) is 52.2 Å². The van der Waals surface area contributed by atoms with Crippen molar-refractivity contribution < 1.29 is 14.3 Å². The SMILES string of the molecule is CCCCCCN1C(=O)C(c2ccc(OCCC)cc2)=C(N2CCC(C)CC2)C1=O. The van der Waals surface area contributed by atoms with Crippen molar-refractivity contribution in [3.8, 4) is 5.75 Å². The number of unbranched alkanes of at least 4 members (excludes halogenated alkanes) is 3. The zero-order valence-corrected chi connectivity index (χ0v) is 18.8. The molecule has 0 spiro atoms. The topological polar surface area (TPSA) is 49.9 Å². The second kappa shape index (κ2) is 10.6. The van der Waals surface area contributed by atoms with Gasteiger partial charge in [-0.05, 0) is 49.3 Å². The van der Waals surface area contributed by atoms with E-state index >= 15 is 0 Å². The molecule has 2 aliphatic heterocycles. The van der Waals surface area contributed by atoms with Gasteiger partial charge in [0.1, 0.15) is 11.4 Å². The number of rotatable bonds is 10. The highest BCUT2D eigenvalue weighted by Crippen LogP contribution is 2.34. The second-order valence-corrected chi connectivity index (χ2v) is 8.59. The van der Waals surface area contributed by atoms with E-state index in [2.05, 4.69) is 25.7 Å². The number of amides is 2. The van der Waals surface area contributed by atoms with E-state index in [1.54, 1.807) is 0 Å². The Bertz CT molecular complexity index is 761. The monoisotopic (exact) mass is 412 g/mol. The summed E-state index contributed by atoms with van der Waals surface area (Å²) in [6, 6.07) is 7.63. The lowest BCUT2D eigenvalue weighted by Crippen LogP contribution is -2.38. The molecular weight excluding hydrogens is 376 g/mol. The highest BCUT2D eigenvalue weighted by molar-refractivity contribution is 6.35. The molecule has 1 aromatic carbocycles. The maximum absolute atomic E-state index is 13.3. The van der Waals surface area contributed by atoms with E-state index in [0.29, 0.717) is 30.3 Å². The lowest BCUT2D eigenvalue weighted by atomic mass is 9.97. The normalized spacial score (nSPS) is 18.0. The number of hydrogen-bond acceptors (Lipinski definition) is 4. The average molecular weight is 413 g/mol. The molecule has 1 fully saturated rings. The van der Waals surface area contributed by atoms with Gasteiger partial charge in [-0.25, -0.2) is 0 Å². The molecule has 5 heteroatoms. The lowest BCUT2D eigenvalue weighted by molar-refractivity contribution is -0.137. The maximum Gasteiger partial charge on any atom is 0.277 e. The molecule has 0 atom stereocenters. The number of nitrogens with zero attached hydrogens (tertiary/aromatic N) is 2. The number of carbonyl (C=O) groups excluding carboxylic acids is 2. The van der Waals surface area contributed by atoms with Gasteiger partial charge in [0.15, 0.2) is 0 Å². The van der Waals surface area contributed by atoms with Gasteiger partial charge in [0, 0.05) is 19.6 Å².